The van der Waals surface area contributed by atoms with Crippen LogP contribution in [0.25, 0.3) is 11.1 Å². The minimum absolute atomic E-state index is 0.0486. The van der Waals surface area contributed by atoms with Crippen molar-refractivity contribution in [3.8, 4) is 11.1 Å². The second-order valence-electron chi connectivity index (χ2n) is 8.12. The molecule has 35 heavy (non-hydrogen) atoms. The van der Waals surface area contributed by atoms with Crippen LogP contribution in [0.4, 0.5) is 0 Å². The lowest BCUT2D eigenvalue weighted by molar-refractivity contribution is -0.128. The number of nitrogens with one attached hydrogen (secondary N) is 2. The molecule has 184 valence electrons. The minimum Gasteiger partial charge on any atom is -0.368 e. The zero-order chi connectivity index (χ0) is 25.3. The third-order valence-corrected chi connectivity index (χ3v) is 7.04. The molecule has 6 N–H and O–H groups in total. The van der Waals surface area contributed by atoms with E-state index in [1.165, 1.54) is 6.07 Å². The number of hydrogen-bond donors (Lipinski definition) is 4. The summed E-state index contributed by atoms with van der Waals surface area (Å²) in [5.41, 5.74) is 13.2. The molecular formula is C26H30N4O4S. The number of sulfonamides is 1. The fourth-order valence-electron chi connectivity index (χ4n) is 3.72. The fourth-order valence-corrected chi connectivity index (χ4v) is 5.18. The number of primary amides is 1. The summed E-state index contributed by atoms with van der Waals surface area (Å²) in [4.78, 5) is 25.2. The molecule has 8 nitrogen and oxygen atoms in total. The summed E-state index contributed by atoms with van der Waals surface area (Å²) in [5.74, 6) is -1.35. The smallest absolute Gasteiger partial charge is 0.241 e. The Bertz CT molecular complexity index is 1230. The van der Waals surface area contributed by atoms with Crippen LogP contribution in [0.1, 0.15) is 18.4 Å². The number of carbonyl (C=O) groups is 2. The normalized spacial score (nSPS) is 13.1. The molecule has 1 unspecified atom stereocenters. The molecule has 0 aromatic heterocycles. The molecule has 2 atom stereocenters. The van der Waals surface area contributed by atoms with Crippen LogP contribution in [-0.2, 0) is 26.0 Å². The van der Waals surface area contributed by atoms with Crippen molar-refractivity contribution in [2.45, 2.75) is 36.2 Å². The summed E-state index contributed by atoms with van der Waals surface area (Å²) in [6.45, 7) is 0.273. The predicted molar refractivity (Wildman–Crippen MR) is 136 cm³/mol. The molecule has 3 rings (SSSR count). The highest BCUT2D eigenvalue weighted by Gasteiger charge is 2.29. The van der Waals surface area contributed by atoms with Crippen LogP contribution in [0.5, 0.6) is 0 Å². The van der Waals surface area contributed by atoms with Gasteiger partial charge in [-0.15, -0.1) is 0 Å². The lowest BCUT2D eigenvalue weighted by atomic mass is 10.0. The molecule has 0 heterocycles. The van der Waals surface area contributed by atoms with Crippen LogP contribution in [0.2, 0.25) is 0 Å². The summed E-state index contributed by atoms with van der Waals surface area (Å²) < 4.78 is 29.3. The predicted octanol–water partition coefficient (Wildman–Crippen LogP) is 1.95. The van der Waals surface area contributed by atoms with E-state index < -0.39 is 33.9 Å². The molecule has 3 aromatic rings. The van der Waals surface area contributed by atoms with Crippen LogP contribution >= 0.6 is 0 Å². The van der Waals surface area contributed by atoms with E-state index in [0.717, 1.165) is 11.1 Å². The zero-order valence-corrected chi connectivity index (χ0v) is 20.1. The molecule has 0 aliphatic heterocycles. The minimum atomic E-state index is -4.10. The Morgan fingerprint density at radius 2 is 1.43 bits per heavy atom. The molecule has 0 aliphatic rings. The van der Waals surface area contributed by atoms with Crippen LogP contribution in [0.3, 0.4) is 0 Å². The molecule has 0 radical (unpaired) electrons. The largest absolute Gasteiger partial charge is 0.368 e. The lowest BCUT2D eigenvalue weighted by Crippen LogP contribution is -2.53. The maximum Gasteiger partial charge on any atom is 0.241 e. The van der Waals surface area contributed by atoms with Crippen LogP contribution in [-0.4, -0.2) is 38.9 Å². The van der Waals surface area contributed by atoms with E-state index in [1.807, 2.05) is 60.7 Å². The van der Waals surface area contributed by atoms with E-state index in [-0.39, 0.29) is 24.3 Å². The van der Waals surface area contributed by atoms with Crippen LogP contribution in [0, 0.1) is 0 Å². The van der Waals surface area contributed by atoms with Gasteiger partial charge >= 0.3 is 0 Å². The Morgan fingerprint density at radius 3 is 2.06 bits per heavy atom. The van der Waals surface area contributed by atoms with Gasteiger partial charge in [-0.1, -0.05) is 78.9 Å². The zero-order valence-electron chi connectivity index (χ0n) is 19.3. The monoisotopic (exact) mass is 494 g/mol. The number of rotatable bonds is 12. The SMILES string of the molecule is NCCCC(NS(=O)(=O)c1ccccc1-c1ccccc1)C(=O)N[C@@H](Cc1ccccc1)C(N)=O. The molecular weight excluding hydrogens is 464 g/mol. The summed E-state index contributed by atoms with van der Waals surface area (Å²) in [6, 6.07) is 22.7. The van der Waals surface area contributed by atoms with Crippen molar-refractivity contribution in [1.82, 2.24) is 10.0 Å². The second kappa shape index (κ2) is 12.3. The van der Waals surface area contributed by atoms with Crippen LogP contribution < -0.4 is 21.5 Å². The van der Waals surface area contributed by atoms with Gasteiger partial charge in [-0.25, -0.2) is 8.42 Å². The van der Waals surface area contributed by atoms with E-state index in [0.29, 0.717) is 12.0 Å². The molecule has 0 fully saturated rings. The van der Waals surface area contributed by atoms with Gasteiger partial charge in [0.15, 0.2) is 0 Å². The molecule has 9 heteroatoms. The second-order valence-corrected chi connectivity index (χ2v) is 9.80. The van der Waals surface area contributed by atoms with Gasteiger partial charge in [0.1, 0.15) is 12.1 Å². The Balaban J connectivity index is 1.84. The highest BCUT2D eigenvalue weighted by molar-refractivity contribution is 7.89. The van der Waals surface area contributed by atoms with Crippen molar-refractivity contribution >= 4 is 21.8 Å². The first-order valence-corrected chi connectivity index (χ1v) is 12.8. The molecule has 0 spiro atoms. The van der Waals surface area contributed by atoms with Crippen molar-refractivity contribution in [3.05, 3.63) is 90.5 Å². The van der Waals surface area contributed by atoms with Gasteiger partial charge in [0, 0.05) is 12.0 Å². The summed E-state index contributed by atoms with van der Waals surface area (Å²) >= 11 is 0. The van der Waals surface area contributed by atoms with E-state index in [4.69, 9.17) is 11.5 Å². The third kappa shape index (κ3) is 7.22. The standard InChI is InChI=1S/C26H30N4O4S/c27-17-9-15-22(26(32)29-23(25(28)31)18-19-10-3-1-4-11-19)30-35(33,34)24-16-8-7-14-21(24)20-12-5-2-6-13-20/h1-8,10-14,16,22-23,30H,9,15,17-18,27H2,(H2,28,31)(H,29,32)/t22?,23-/m0/s1. The molecule has 0 saturated heterocycles. The average molecular weight is 495 g/mol. The lowest BCUT2D eigenvalue weighted by Gasteiger charge is -2.22. The van der Waals surface area contributed by atoms with Gasteiger partial charge in [-0.05, 0) is 36.6 Å². The van der Waals surface area contributed by atoms with Crippen molar-refractivity contribution in [1.29, 1.82) is 0 Å². The Labute approximate surface area is 205 Å². The van der Waals surface area contributed by atoms with Gasteiger partial charge in [0.05, 0.1) is 4.90 Å². The van der Waals surface area contributed by atoms with Gasteiger partial charge in [0.2, 0.25) is 21.8 Å². The highest BCUT2D eigenvalue weighted by Crippen LogP contribution is 2.27. The van der Waals surface area contributed by atoms with Crippen molar-refractivity contribution in [2.75, 3.05) is 6.54 Å². The quantitative estimate of drug-likeness (QED) is 0.304. The maximum atomic E-state index is 13.4. The van der Waals surface area contributed by atoms with E-state index in [9.17, 15) is 18.0 Å². The first kappa shape index (κ1) is 26.1. The number of amides is 2. The number of nitrogens with two attached hydrogens (primary N) is 2. The van der Waals surface area contributed by atoms with E-state index >= 15 is 0 Å². The number of hydrogen-bond acceptors (Lipinski definition) is 5. The molecule has 2 amide bonds. The van der Waals surface area contributed by atoms with Gasteiger partial charge < -0.3 is 16.8 Å². The molecule has 0 aliphatic carbocycles. The summed E-state index contributed by atoms with van der Waals surface area (Å²) in [7, 11) is -4.10. The molecule has 0 bridgehead atoms. The van der Waals surface area contributed by atoms with Crippen molar-refractivity contribution < 1.29 is 18.0 Å². The number of benzene rings is 3. The van der Waals surface area contributed by atoms with Gasteiger partial charge in [-0.3, -0.25) is 9.59 Å². The summed E-state index contributed by atoms with van der Waals surface area (Å²) in [6.07, 6.45) is 0.752. The Kier molecular flexibility index (Phi) is 9.13. The van der Waals surface area contributed by atoms with E-state index in [2.05, 4.69) is 10.0 Å². The summed E-state index contributed by atoms with van der Waals surface area (Å²) in [5, 5.41) is 2.61. The number of carbonyl (C=O) groups excluding carboxylic acids is 2. The van der Waals surface area contributed by atoms with Crippen molar-refractivity contribution in [3.63, 3.8) is 0 Å². The topological polar surface area (TPSA) is 144 Å². The third-order valence-electron chi connectivity index (χ3n) is 5.51. The molecule has 0 saturated carbocycles. The first-order valence-electron chi connectivity index (χ1n) is 11.3. The first-order chi connectivity index (χ1) is 16.8. The fraction of sp³-hybridized carbons (Fsp3) is 0.231. The maximum absolute atomic E-state index is 13.4. The van der Waals surface area contributed by atoms with Gasteiger partial charge in [0.25, 0.3) is 0 Å². The Hall–Kier alpha value is -3.53. The highest BCUT2D eigenvalue weighted by atomic mass is 32.2. The Morgan fingerprint density at radius 1 is 0.829 bits per heavy atom. The average Bonchev–Trinajstić information content (AvgIpc) is 2.87. The van der Waals surface area contributed by atoms with Crippen LogP contribution in [0.15, 0.2) is 89.8 Å². The van der Waals surface area contributed by atoms with E-state index in [1.54, 1.807) is 18.2 Å². The van der Waals surface area contributed by atoms with Gasteiger partial charge in [-0.2, -0.15) is 4.72 Å². The molecule has 3 aromatic carbocycles. The van der Waals surface area contributed by atoms with Crippen molar-refractivity contribution in [2.24, 2.45) is 11.5 Å².